The van der Waals surface area contributed by atoms with E-state index in [4.69, 9.17) is 10.5 Å². The first-order chi connectivity index (χ1) is 7.29. The highest BCUT2D eigenvalue weighted by Crippen LogP contribution is 2.18. The fourth-order valence-electron chi connectivity index (χ4n) is 1.63. The van der Waals surface area contributed by atoms with Crippen LogP contribution < -0.4 is 11.1 Å². The van der Waals surface area contributed by atoms with E-state index in [1.165, 1.54) is 5.56 Å². The maximum absolute atomic E-state index is 10.8. The Balaban J connectivity index is 2.06. The van der Waals surface area contributed by atoms with Crippen LogP contribution in [0.4, 0.5) is 4.79 Å². The summed E-state index contributed by atoms with van der Waals surface area (Å²) in [5.41, 5.74) is 7.80. The quantitative estimate of drug-likeness (QED) is 0.757. The predicted octanol–water partition coefficient (Wildman–Crippen LogP) is 0.969. The minimum absolute atomic E-state index is 0.245. The Labute approximate surface area is 88.4 Å². The first-order valence-electron chi connectivity index (χ1n) is 4.99. The van der Waals surface area contributed by atoms with Crippen molar-refractivity contribution in [2.45, 2.75) is 12.5 Å². The molecule has 15 heavy (non-hydrogen) atoms. The number of hydrogen-bond acceptors (Lipinski definition) is 3. The van der Waals surface area contributed by atoms with Crippen molar-refractivity contribution >= 4 is 6.09 Å². The average Bonchev–Trinajstić information content (AvgIpc) is 2.30. The Bertz CT molecular complexity index is 338. The van der Waals surface area contributed by atoms with Crippen LogP contribution in [0.15, 0.2) is 24.3 Å². The number of carbonyl (C=O) groups is 1. The number of carbonyl (C=O) groups excluding carboxylic acids is 1. The predicted molar refractivity (Wildman–Crippen MR) is 56.4 cm³/mol. The van der Waals surface area contributed by atoms with Crippen LogP contribution in [-0.2, 0) is 11.3 Å². The van der Waals surface area contributed by atoms with Crippen molar-refractivity contribution in [1.29, 1.82) is 0 Å². The van der Waals surface area contributed by atoms with Crippen molar-refractivity contribution in [3.05, 3.63) is 35.4 Å². The molecule has 3 N–H and O–H groups in total. The molecular formula is C11H14N2O2. The molecule has 1 aromatic rings. The minimum atomic E-state index is -0.329. The molecule has 0 aliphatic carbocycles. The van der Waals surface area contributed by atoms with E-state index in [0.717, 1.165) is 5.56 Å². The van der Waals surface area contributed by atoms with Crippen molar-refractivity contribution in [1.82, 2.24) is 5.32 Å². The summed E-state index contributed by atoms with van der Waals surface area (Å²) in [7, 11) is 0. The highest BCUT2D eigenvalue weighted by Gasteiger charge is 2.20. The lowest BCUT2D eigenvalue weighted by Crippen LogP contribution is -2.37. The molecule has 1 aliphatic rings. The lowest BCUT2D eigenvalue weighted by atomic mass is 9.98. The molecular weight excluding hydrogens is 192 g/mol. The van der Waals surface area contributed by atoms with Crippen molar-refractivity contribution < 1.29 is 9.53 Å². The van der Waals surface area contributed by atoms with E-state index in [1.807, 2.05) is 24.3 Å². The molecule has 1 fully saturated rings. The molecule has 0 bridgehead atoms. The van der Waals surface area contributed by atoms with Gasteiger partial charge in [0.15, 0.2) is 0 Å². The van der Waals surface area contributed by atoms with Gasteiger partial charge in [0, 0.05) is 19.0 Å². The Morgan fingerprint density at radius 2 is 2.13 bits per heavy atom. The molecule has 0 aromatic heterocycles. The molecule has 80 valence electrons. The number of benzene rings is 1. The van der Waals surface area contributed by atoms with E-state index in [0.29, 0.717) is 19.7 Å². The Morgan fingerprint density at radius 3 is 2.67 bits per heavy atom. The van der Waals surface area contributed by atoms with Crippen LogP contribution in [0.5, 0.6) is 0 Å². The number of hydrogen-bond donors (Lipinski definition) is 2. The number of amides is 1. The molecule has 4 nitrogen and oxygen atoms in total. The molecule has 1 amide bonds. The SMILES string of the molecule is NCc1ccc(C2CNC(=O)OC2)cc1. The second-order valence-corrected chi connectivity index (χ2v) is 3.62. The Morgan fingerprint density at radius 1 is 1.40 bits per heavy atom. The maximum Gasteiger partial charge on any atom is 0.407 e. The minimum Gasteiger partial charge on any atom is -0.449 e. The van der Waals surface area contributed by atoms with Crippen LogP contribution in [0.1, 0.15) is 17.0 Å². The molecule has 2 rings (SSSR count). The number of rotatable bonds is 2. The van der Waals surface area contributed by atoms with Gasteiger partial charge in [-0.3, -0.25) is 0 Å². The highest BCUT2D eigenvalue weighted by atomic mass is 16.6. The molecule has 4 heteroatoms. The van der Waals surface area contributed by atoms with E-state index in [-0.39, 0.29) is 12.0 Å². The number of ether oxygens (including phenoxy) is 1. The standard InChI is InChI=1S/C11H14N2O2/c12-5-8-1-3-9(4-2-8)10-6-13-11(14)15-7-10/h1-4,10H,5-7,12H2,(H,13,14). The topological polar surface area (TPSA) is 64.3 Å². The van der Waals surface area contributed by atoms with E-state index in [9.17, 15) is 4.79 Å². The monoisotopic (exact) mass is 206 g/mol. The fourth-order valence-corrected chi connectivity index (χ4v) is 1.63. The van der Waals surface area contributed by atoms with Gasteiger partial charge >= 0.3 is 6.09 Å². The molecule has 0 radical (unpaired) electrons. The molecule has 1 aliphatic heterocycles. The summed E-state index contributed by atoms with van der Waals surface area (Å²) in [6.07, 6.45) is -0.329. The van der Waals surface area contributed by atoms with Gasteiger partial charge in [-0.05, 0) is 11.1 Å². The molecule has 1 atom stereocenters. The lowest BCUT2D eigenvalue weighted by Gasteiger charge is -2.23. The summed E-state index contributed by atoms with van der Waals surface area (Å²) in [5, 5.41) is 2.67. The smallest absolute Gasteiger partial charge is 0.407 e. The van der Waals surface area contributed by atoms with Crippen LogP contribution in [0.3, 0.4) is 0 Å². The molecule has 1 unspecified atom stereocenters. The van der Waals surface area contributed by atoms with Crippen LogP contribution in [0.25, 0.3) is 0 Å². The van der Waals surface area contributed by atoms with Gasteiger partial charge in [-0.25, -0.2) is 4.79 Å². The number of nitrogens with two attached hydrogens (primary N) is 1. The van der Waals surface area contributed by atoms with Crippen LogP contribution in [0, 0.1) is 0 Å². The van der Waals surface area contributed by atoms with Gasteiger partial charge in [0.2, 0.25) is 0 Å². The van der Waals surface area contributed by atoms with E-state index in [1.54, 1.807) is 0 Å². The normalized spacial score (nSPS) is 20.6. The van der Waals surface area contributed by atoms with Gasteiger partial charge in [-0.2, -0.15) is 0 Å². The van der Waals surface area contributed by atoms with Gasteiger partial charge in [0.25, 0.3) is 0 Å². The van der Waals surface area contributed by atoms with Crippen molar-refractivity contribution in [2.24, 2.45) is 5.73 Å². The highest BCUT2D eigenvalue weighted by molar-refractivity contribution is 5.68. The summed E-state index contributed by atoms with van der Waals surface area (Å²) in [4.78, 5) is 10.8. The first kappa shape index (κ1) is 9.98. The third-order valence-corrected chi connectivity index (χ3v) is 2.60. The fraction of sp³-hybridized carbons (Fsp3) is 0.364. The van der Waals surface area contributed by atoms with E-state index in [2.05, 4.69) is 5.32 Å². The first-order valence-corrected chi connectivity index (χ1v) is 4.99. The summed E-state index contributed by atoms with van der Waals surface area (Å²) in [6.45, 7) is 1.65. The van der Waals surface area contributed by atoms with E-state index >= 15 is 0 Å². The van der Waals surface area contributed by atoms with E-state index < -0.39 is 0 Å². The second kappa shape index (κ2) is 4.31. The number of cyclic esters (lactones) is 1. The third kappa shape index (κ3) is 2.27. The van der Waals surface area contributed by atoms with Crippen molar-refractivity contribution in [3.8, 4) is 0 Å². The number of alkyl carbamates (subject to hydrolysis) is 1. The molecule has 1 saturated heterocycles. The average molecular weight is 206 g/mol. The summed E-state index contributed by atoms with van der Waals surface area (Å²) in [5.74, 6) is 0.245. The summed E-state index contributed by atoms with van der Waals surface area (Å²) < 4.78 is 4.93. The van der Waals surface area contributed by atoms with Gasteiger partial charge < -0.3 is 15.8 Å². The van der Waals surface area contributed by atoms with Crippen molar-refractivity contribution in [2.75, 3.05) is 13.2 Å². The molecule has 1 heterocycles. The zero-order valence-corrected chi connectivity index (χ0v) is 8.40. The van der Waals surface area contributed by atoms with Crippen LogP contribution in [0.2, 0.25) is 0 Å². The molecule has 0 spiro atoms. The zero-order valence-electron chi connectivity index (χ0n) is 8.40. The molecule has 1 aromatic carbocycles. The van der Waals surface area contributed by atoms with Crippen molar-refractivity contribution in [3.63, 3.8) is 0 Å². The maximum atomic E-state index is 10.8. The van der Waals surface area contributed by atoms with Gasteiger partial charge in [0.05, 0.1) is 0 Å². The third-order valence-electron chi connectivity index (χ3n) is 2.60. The van der Waals surface area contributed by atoms with Crippen LogP contribution >= 0.6 is 0 Å². The van der Waals surface area contributed by atoms with Gasteiger partial charge in [0.1, 0.15) is 6.61 Å². The summed E-state index contributed by atoms with van der Waals surface area (Å²) in [6, 6.07) is 8.08. The van der Waals surface area contributed by atoms with Gasteiger partial charge in [-0.1, -0.05) is 24.3 Å². The van der Waals surface area contributed by atoms with Gasteiger partial charge in [-0.15, -0.1) is 0 Å². The Kier molecular flexibility index (Phi) is 2.87. The lowest BCUT2D eigenvalue weighted by molar-refractivity contribution is 0.120. The summed E-state index contributed by atoms with van der Waals surface area (Å²) >= 11 is 0. The Hall–Kier alpha value is -1.55. The second-order valence-electron chi connectivity index (χ2n) is 3.62. The number of nitrogens with one attached hydrogen (secondary N) is 1. The largest absolute Gasteiger partial charge is 0.449 e. The molecule has 0 saturated carbocycles. The zero-order chi connectivity index (χ0) is 10.7. The van der Waals surface area contributed by atoms with Crippen LogP contribution in [-0.4, -0.2) is 19.2 Å².